The molecule has 0 aliphatic carbocycles. The summed E-state index contributed by atoms with van der Waals surface area (Å²) in [6, 6.07) is 0. The van der Waals surface area contributed by atoms with Crippen LogP contribution in [0, 0.1) is 27.8 Å². The van der Waals surface area contributed by atoms with Gasteiger partial charge >= 0.3 is 55.3 Å². The Kier molecular flexibility index (Phi) is 66.1. The fourth-order valence-electron chi connectivity index (χ4n) is 0. The molecular formula is C8H16MgO10U+2. The Morgan fingerprint density at radius 3 is 0.600 bits per heavy atom. The summed E-state index contributed by atoms with van der Waals surface area (Å²) in [6.07, 6.45) is 0. The van der Waals surface area contributed by atoms with E-state index in [1.165, 1.54) is 0 Å². The third-order valence-electron chi connectivity index (χ3n) is 0. The fraction of sp³-hybridized carbons (Fsp3) is 0.500. The SMILES string of the molecule is CC(=O)O.CC(=O)O.CC(=O)O.CC(=O)O.[Mg+2].[O]=[U]=[O]. The first-order valence-corrected chi connectivity index (χ1v) is 7.52. The molecule has 0 aromatic rings. The van der Waals surface area contributed by atoms with E-state index >= 15 is 0 Å². The van der Waals surface area contributed by atoms with Crippen molar-refractivity contribution in [1.29, 1.82) is 0 Å². The number of carboxylic acids is 4. The minimum atomic E-state index is -2.51. The van der Waals surface area contributed by atoms with Gasteiger partial charge in [-0.1, -0.05) is 0 Å². The quantitative estimate of drug-likeness (QED) is 0.302. The van der Waals surface area contributed by atoms with Crippen LogP contribution in [-0.4, -0.2) is 67.4 Å². The zero-order valence-electron chi connectivity index (χ0n) is 11.4. The Morgan fingerprint density at radius 1 is 0.600 bits per heavy atom. The Hall–Kier alpha value is -0.702. The third-order valence-corrected chi connectivity index (χ3v) is 0. The molecule has 0 aliphatic heterocycles. The average molecular weight is 535 g/mol. The summed E-state index contributed by atoms with van der Waals surface area (Å²) in [5, 5.41) is 29.7. The van der Waals surface area contributed by atoms with Gasteiger partial charge in [0.1, 0.15) is 0 Å². The average Bonchev–Trinajstić information content (AvgIpc) is 1.97. The first kappa shape index (κ1) is 36.5. The molecule has 112 valence electrons. The van der Waals surface area contributed by atoms with Gasteiger partial charge in [0, 0.05) is 27.7 Å². The van der Waals surface area contributed by atoms with Crippen molar-refractivity contribution in [1.82, 2.24) is 0 Å². The van der Waals surface area contributed by atoms with Crippen LogP contribution < -0.4 is 0 Å². The summed E-state index contributed by atoms with van der Waals surface area (Å²) in [5.74, 6) is -3.33. The first-order valence-electron chi connectivity index (χ1n) is 4.12. The number of hydrogen-bond donors (Lipinski definition) is 4. The van der Waals surface area contributed by atoms with E-state index in [1.54, 1.807) is 0 Å². The van der Waals surface area contributed by atoms with Crippen molar-refractivity contribution in [2.45, 2.75) is 27.7 Å². The van der Waals surface area contributed by atoms with Gasteiger partial charge in [-0.05, 0) is 0 Å². The zero-order chi connectivity index (χ0) is 17.0. The number of carbonyl (C=O) groups is 4. The summed E-state index contributed by atoms with van der Waals surface area (Å²) < 4.78 is 17.2. The second-order valence-corrected chi connectivity index (χ2v) is 2.85. The van der Waals surface area contributed by atoms with Crippen molar-refractivity contribution >= 4 is 46.9 Å². The normalized spacial score (nSPS) is 5.40. The molecule has 12 heteroatoms. The van der Waals surface area contributed by atoms with E-state index in [9.17, 15) is 0 Å². The number of hydrogen-bond acceptors (Lipinski definition) is 6. The van der Waals surface area contributed by atoms with E-state index in [0.717, 1.165) is 27.7 Å². The maximum atomic E-state index is 9.00. The van der Waals surface area contributed by atoms with Crippen LogP contribution in [0.25, 0.3) is 0 Å². The van der Waals surface area contributed by atoms with Gasteiger partial charge in [-0.2, -0.15) is 0 Å². The van der Waals surface area contributed by atoms with Crippen molar-refractivity contribution in [3.8, 4) is 0 Å². The molecule has 0 heterocycles. The molecule has 0 spiro atoms. The van der Waals surface area contributed by atoms with E-state index < -0.39 is 51.7 Å². The van der Waals surface area contributed by atoms with Crippen molar-refractivity contribution in [3.05, 3.63) is 0 Å². The topological polar surface area (TPSA) is 183 Å². The molecule has 0 fully saturated rings. The zero-order valence-corrected chi connectivity index (χ0v) is 17.0. The molecule has 0 aliphatic rings. The number of carboxylic acid groups (broad SMARTS) is 4. The molecular weight excluding hydrogens is 518 g/mol. The Labute approximate surface area is 145 Å². The molecule has 0 rings (SSSR count). The van der Waals surface area contributed by atoms with E-state index in [1.807, 2.05) is 0 Å². The molecule has 0 atom stereocenters. The Morgan fingerprint density at radius 2 is 0.600 bits per heavy atom. The van der Waals surface area contributed by atoms with Gasteiger partial charge in [0.25, 0.3) is 23.9 Å². The maximum absolute atomic E-state index is 9.00. The van der Waals surface area contributed by atoms with Crippen molar-refractivity contribution in [3.63, 3.8) is 0 Å². The molecule has 0 bridgehead atoms. The van der Waals surface area contributed by atoms with Crippen LogP contribution in [-0.2, 0) is 23.6 Å². The summed E-state index contributed by atoms with van der Waals surface area (Å²) in [5.41, 5.74) is 0. The molecule has 10 nitrogen and oxygen atoms in total. The van der Waals surface area contributed by atoms with Crippen LogP contribution in [0.2, 0.25) is 0 Å². The van der Waals surface area contributed by atoms with Crippen LogP contribution in [0.15, 0.2) is 0 Å². The van der Waals surface area contributed by atoms with Gasteiger partial charge in [-0.3, -0.25) is 19.2 Å². The van der Waals surface area contributed by atoms with Crippen molar-refractivity contribution in [2.75, 3.05) is 0 Å². The summed E-state index contributed by atoms with van der Waals surface area (Å²) >= 11 is -2.51. The van der Waals surface area contributed by atoms with Crippen LogP contribution in [0.1, 0.15) is 27.7 Å². The van der Waals surface area contributed by atoms with E-state index in [2.05, 4.69) is 0 Å². The molecule has 20 heavy (non-hydrogen) atoms. The number of rotatable bonds is 0. The molecule has 0 amide bonds. The van der Waals surface area contributed by atoms with Crippen LogP contribution in [0.4, 0.5) is 0 Å². The predicted molar refractivity (Wildman–Crippen MR) is 60.4 cm³/mol. The standard InChI is InChI=1S/4C2H4O2.Mg.2O.U/c4*1-2(3)4;;;;/h4*1H3,(H,3,4);;;;/q;;;;+2;;;. The molecule has 0 radical (unpaired) electrons. The van der Waals surface area contributed by atoms with E-state index in [-0.39, 0.29) is 23.1 Å². The molecule has 0 saturated carbocycles. The van der Waals surface area contributed by atoms with Crippen LogP contribution >= 0.6 is 0 Å². The van der Waals surface area contributed by atoms with Gasteiger partial charge in [-0.15, -0.1) is 0 Å². The fourth-order valence-corrected chi connectivity index (χ4v) is 0. The summed E-state index contributed by atoms with van der Waals surface area (Å²) in [4.78, 5) is 36.0. The van der Waals surface area contributed by atoms with Gasteiger partial charge in [-0.25, -0.2) is 0 Å². The molecule has 0 unspecified atom stereocenters. The molecule has 0 aromatic heterocycles. The van der Waals surface area contributed by atoms with Crippen molar-refractivity contribution < 1.29 is 71.9 Å². The number of aliphatic carboxylic acids is 4. The van der Waals surface area contributed by atoms with Gasteiger partial charge < -0.3 is 20.4 Å². The molecule has 0 saturated heterocycles. The summed E-state index contributed by atoms with van der Waals surface area (Å²) in [6.45, 7) is 4.33. The second-order valence-electron chi connectivity index (χ2n) is 2.16. The molecule has 0 aromatic carbocycles. The van der Waals surface area contributed by atoms with Gasteiger partial charge in [0.2, 0.25) is 0 Å². The predicted octanol–water partition coefficient (Wildman–Crippen LogP) is -0.255. The monoisotopic (exact) mass is 534 g/mol. The van der Waals surface area contributed by atoms with E-state index in [0.29, 0.717) is 0 Å². The minimum absolute atomic E-state index is 0. The van der Waals surface area contributed by atoms with E-state index in [4.69, 9.17) is 44.1 Å². The second kappa shape index (κ2) is 36.2. The van der Waals surface area contributed by atoms with Gasteiger partial charge in [0.15, 0.2) is 0 Å². The van der Waals surface area contributed by atoms with Gasteiger partial charge in [0.05, 0.1) is 0 Å². The Bertz CT molecular complexity index is 234. The van der Waals surface area contributed by atoms with Crippen molar-refractivity contribution in [2.24, 2.45) is 0 Å². The first-order chi connectivity index (χ1) is 8.34. The van der Waals surface area contributed by atoms with Crippen LogP contribution in [0.5, 0.6) is 0 Å². The van der Waals surface area contributed by atoms with Crippen LogP contribution in [0.3, 0.4) is 0 Å². The summed E-state index contributed by atoms with van der Waals surface area (Å²) in [7, 11) is 0. The third kappa shape index (κ3) is 9330. The Balaban J connectivity index is -0.0000000304. The molecule has 4 N–H and O–H groups in total.